The van der Waals surface area contributed by atoms with Gasteiger partial charge in [0.2, 0.25) is 0 Å². The van der Waals surface area contributed by atoms with E-state index in [1.54, 1.807) is 84.9 Å². The average molecular weight is 1590 g/mol. The molecule has 15 aromatic carbocycles. The summed E-state index contributed by atoms with van der Waals surface area (Å²) in [6.07, 6.45) is 0. The van der Waals surface area contributed by atoms with Crippen molar-refractivity contribution in [1.29, 1.82) is 5.26 Å². The molecule has 0 aliphatic rings. The van der Waals surface area contributed by atoms with Gasteiger partial charge in [-0.2, -0.15) is 5.26 Å². The highest BCUT2D eigenvalue weighted by Gasteiger charge is 2.28. The van der Waals surface area contributed by atoms with Crippen molar-refractivity contribution in [1.82, 2.24) is 24.1 Å². The molecule has 0 aliphatic carbocycles. The maximum atomic E-state index is 14.5. The molecule has 0 aliphatic heterocycles. The largest absolute Gasteiger partial charge is 0.457 e. The highest BCUT2D eigenvalue weighted by molar-refractivity contribution is 6.15. The Hall–Kier alpha value is -16.8. The summed E-state index contributed by atoms with van der Waals surface area (Å²) in [6, 6.07) is 112. The van der Waals surface area contributed by atoms with Crippen LogP contribution in [0.4, 0.5) is 5.69 Å². The van der Waals surface area contributed by atoms with Gasteiger partial charge in [-0.15, -0.1) is 0 Å². The zero-order chi connectivity index (χ0) is 83.0. The lowest BCUT2D eigenvalue weighted by atomic mass is 9.99. The van der Waals surface area contributed by atoms with Crippen LogP contribution in [0.3, 0.4) is 0 Å². The third kappa shape index (κ3) is 16.2. The molecule has 17 heteroatoms. The minimum atomic E-state index is -0.577. The second kappa shape index (κ2) is 34.2. The molecule has 0 bridgehead atoms. The maximum absolute atomic E-state index is 14.5. The number of benzene rings is 15. The molecule has 0 spiro atoms. The molecule has 0 amide bonds. The van der Waals surface area contributed by atoms with Gasteiger partial charge in [-0.1, -0.05) is 231 Å². The Labute approximate surface area is 700 Å². The van der Waals surface area contributed by atoms with E-state index in [0.29, 0.717) is 105 Å². The van der Waals surface area contributed by atoms with E-state index in [2.05, 4.69) is 10.9 Å². The van der Waals surface area contributed by atoms with Gasteiger partial charge in [0.15, 0.2) is 23.2 Å². The number of fused-ring (bicyclic) bond motifs is 6. The van der Waals surface area contributed by atoms with E-state index in [-0.39, 0.29) is 72.8 Å². The molecular formula is C105H69N7O10. The Morgan fingerprint density at radius 2 is 0.590 bits per heavy atom. The number of nitriles is 1. The number of hydrogen-bond donors (Lipinski definition) is 0. The molecule has 0 saturated heterocycles. The molecule has 18 rings (SSSR count). The van der Waals surface area contributed by atoms with Gasteiger partial charge in [0.05, 0.1) is 79.5 Å². The first-order chi connectivity index (χ1) is 59.9. The number of ether oxygens (including phenoxy) is 5. The zero-order valence-electron chi connectivity index (χ0n) is 65.3. The molecule has 584 valence electrons. The minimum absolute atomic E-state index is 0.0134. The summed E-state index contributed by atoms with van der Waals surface area (Å²) in [7, 11) is 0. The second-order valence-corrected chi connectivity index (χ2v) is 29.2. The molecule has 0 radical (unpaired) electrons. The van der Waals surface area contributed by atoms with Crippen LogP contribution in [0.5, 0.6) is 0 Å². The summed E-state index contributed by atoms with van der Waals surface area (Å²) < 4.78 is 34.0. The van der Waals surface area contributed by atoms with Crippen molar-refractivity contribution in [3.63, 3.8) is 0 Å². The van der Waals surface area contributed by atoms with Crippen LogP contribution in [-0.4, -0.2) is 53.9 Å². The van der Waals surface area contributed by atoms with Gasteiger partial charge < -0.3 is 32.8 Å². The fourth-order valence-corrected chi connectivity index (χ4v) is 15.2. The van der Waals surface area contributed by atoms with Gasteiger partial charge >= 0.3 is 29.8 Å². The molecule has 3 aromatic heterocycles. The van der Waals surface area contributed by atoms with Gasteiger partial charge in [-0.25, -0.2) is 43.8 Å². The molecule has 0 fully saturated rings. The summed E-state index contributed by atoms with van der Waals surface area (Å²) in [4.78, 5) is 92.3. The molecule has 0 atom stereocenters. The fraction of sp³-hybridized carbons (Fsp3) is 0.0476. The Balaban J connectivity index is 0.874. The van der Waals surface area contributed by atoms with E-state index in [1.807, 2.05) is 282 Å². The van der Waals surface area contributed by atoms with Crippen LogP contribution in [0.15, 0.2) is 358 Å². The lowest BCUT2D eigenvalue weighted by Gasteiger charge is -2.18. The van der Waals surface area contributed by atoms with Gasteiger partial charge in [0, 0.05) is 38.2 Å². The first kappa shape index (κ1) is 76.5. The van der Waals surface area contributed by atoms with Crippen molar-refractivity contribution < 1.29 is 47.7 Å². The van der Waals surface area contributed by atoms with Crippen LogP contribution in [0.1, 0.15) is 85.2 Å². The van der Waals surface area contributed by atoms with Crippen molar-refractivity contribution in [3.05, 3.63) is 431 Å². The summed E-state index contributed by atoms with van der Waals surface area (Å²) in [5.41, 5.74) is 15.7. The molecule has 0 N–H and O–H groups in total. The van der Waals surface area contributed by atoms with Crippen LogP contribution in [-0.2, 0) is 56.7 Å². The molecular weight excluding hydrogens is 1520 g/mol. The first-order valence-corrected chi connectivity index (χ1v) is 39.4. The van der Waals surface area contributed by atoms with Crippen LogP contribution < -0.4 is 0 Å². The second-order valence-electron chi connectivity index (χ2n) is 29.2. The minimum Gasteiger partial charge on any atom is -0.457 e. The van der Waals surface area contributed by atoms with E-state index in [1.165, 1.54) is 0 Å². The van der Waals surface area contributed by atoms with E-state index >= 15 is 0 Å². The van der Waals surface area contributed by atoms with Crippen molar-refractivity contribution >= 4 is 79.1 Å². The number of aromatic nitrogens is 5. The van der Waals surface area contributed by atoms with Gasteiger partial charge in [-0.3, -0.25) is 0 Å². The van der Waals surface area contributed by atoms with Crippen molar-refractivity contribution in [2.45, 2.75) is 33.0 Å². The van der Waals surface area contributed by atoms with Crippen molar-refractivity contribution in [2.75, 3.05) is 0 Å². The Morgan fingerprint density at radius 3 is 0.951 bits per heavy atom. The van der Waals surface area contributed by atoms with Crippen LogP contribution in [0, 0.1) is 17.9 Å². The Morgan fingerprint density at radius 1 is 0.287 bits per heavy atom. The lowest BCUT2D eigenvalue weighted by Crippen LogP contribution is -2.07. The molecule has 3 heterocycles. The normalized spacial score (nSPS) is 11.1. The predicted molar refractivity (Wildman–Crippen MR) is 470 cm³/mol. The van der Waals surface area contributed by atoms with Crippen molar-refractivity contribution in [2.24, 2.45) is 0 Å². The first-order valence-electron chi connectivity index (χ1n) is 39.4. The van der Waals surface area contributed by atoms with E-state index < -0.39 is 29.8 Å². The van der Waals surface area contributed by atoms with E-state index in [9.17, 15) is 29.2 Å². The van der Waals surface area contributed by atoms with Gasteiger partial charge in [0.25, 0.3) is 0 Å². The Kier molecular flexibility index (Phi) is 21.5. The molecule has 17 nitrogen and oxygen atoms in total. The number of nitrogens with zero attached hydrogens (tertiary/aromatic N) is 7. The van der Waals surface area contributed by atoms with Gasteiger partial charge in [-0.05, 0) is 189 Å². The fourth-order valence-electron chi connectivity index (χ4n) is 15.2. The molecule has 0 saturated carbocycles. The zero-order valence-corrected chi connectivity index (χ0v) is 65.3. The summed E-state index contributed by atoms with van der Waals surface area (Å²) in [5.74, 6) is -2.20. The summed E-state index contributed by atoms with van der Waals surface area (Å²) in [5, 5.41) is 12.7. The highest BCUT2D eigenvalue weighted by Crippen LogP contribution is 2.44. The molecule has 0 unspecified atom stereocenters. The highest BCUT2D eigenvalue weighted by atomic mass is 16.5. The van der Waals surface area contributed by atoms with Crippen molar-refractivity contribution in [3.8, 4) is 85.0 Å². The number of hydrogen-bond acceptors (Lipinski definition) is 14. The SMILES string of the molecule is [C-]#[N+]c1ccc(-c2cccc(-c3nc(-c4ccc(-c5cccc(C#N)c5)cc4-n4c5ccc(C(=O)OCc6ccccc6)cc5c5cc(C(=O)OCc6ccccc6)ccc54)nc(-c4ccc(-c5cccc(C(=O)OCc6ccccc6)c5)cc4-n4c5ccc(C(=O)OCc6ccccc6)cc5c5cc(C(=O)OCc6ccccc6)ccc54)n3)c2)cc1. The lowest BCUT2D eigenvalue weighted by molar-refractivity contribution is 0.0464. The monoisotopic (exact) mass is 1590 g/mol. The average Bonchev–Trinajstić information content (AvgIpc) is 1.57. The predicted octanol–water partition coefficient (Wildman–Crippen LogP) is 23.3. The van der Waals surface area contributed by atoms with Crippen LogP contribution in [0.2, 0.25) is 0 Å². The standard InChI is InChI=1S/C105H69N7O10/c1-107-85-44-36-73(37-45-85)75-32-18-34-79(53-75)98-108-99(86-46-38-77(74-31-17-30-72(52-74)61-106)59-96(86)111-92-48-40-81(102(114)119-63-68-22-9-3-10-23-68)55-88(92)89-56-82(41-49-93(89)111)103(115)120-64-69-24-11-4-12-25-69)110-100(109-98)87-47-39-78(76-33-19-35-80(54-76)101(113)118-62-67-20-7-2-8-21-67)60-97(87)112-94-50-42-83(104(116)121-65-70-26-13-5-14-27-70)57-90(94)91-58-84(43-51-95(91)112)105(117)122-66-71-28-15-6-16-29-71/h2-60H,62-66H2. The number of carbonyl (C=O) groups excluding carboxylic acids is 5. The Bertz CT molecular complexity index is 6980. The maximum Gasteiger partial charge on any atom is 0.338 e. The smallest absolute Gasteiger partial charge is 0.338 e. The van der Waals surface area contributed by atoms with Crippen LogP contribution >= 0.6 is 0 Å². The summed E-state index contributed by atoms with van der Waals surface area (Å²) in [6.45, 7) is 7.89. The van der Waals surface area contributed by atoms with E-state index in [4.69, 9.17) is 45.2 Å². The molecule has 18 aromatic rings. The third-order valence-electron chi connectivity index (χ3n) is 21.3. The van der Waals surface area contributed by atoms with E-state index in [0.717, 1.165) is 44.5 Å². The topological polar surface area (TPSA) is 208 Å². The summed E-state index contributed by atoms with van der Waals surface area (Å²) >= 11 is 0. The third-order valence-corrected chi connectivity index (χ3v) is 21.3. The molecule has 122 heavy (non-hydrogen) atoms. The number of rotatable bonds is 23. The van der Waals surface area contributed by atoms with Gasteiger partial charge in [0.1, 0.15) is 33.0 Å². The number of esters is 5. The van der Waals surface area contributed by atoms with Crippen LogP contribution in [0.25, 0.3) is 127 Å². The number of carbonyl (C=O) groups is 5. The quantitative estimate of drug-likeness (QED) is 0.0332.